The Morgan fingerprint density at radius 2 is 2.10 bits per heavy atom. The normalized spacial score (nSPS) is 14.2. The van der Waals surface area contributed by atoms with E-state index in [0.717, 1.165) is 23.5 Å². The lowest BCUT2D eigenvalue weighted by Crippen LogP contribution is -2.29. The predicted molar refractivity (Wildman–Crippen MR) is 80.7 cm³/mol. The van der Waals surface area contributed by atoms with E-state index < -0.39 is 0 Å². The Morgan fingerprint density at radius 1 is 1.30 bits per heavy atom. The SMILES string of the molecule is CCC(N)C(OCc1cccc(Cl)c1)c1ccc(C)o1. The maximum atomic E-state index is 6.14. The van der Waals surface area contributed by atoms with Crippen LogP contribution in [0.1, 0.15) is 36.5 Å². The molecule has 20 heavy (non-hydrogen) atoms. The summed E-state index contributed by atoms with van der Waals surface area (Å²) in [6, 6.07) is 11.4. The van der Waals surface area contributed by atoms with Crippen LogP contribution in [0.15, 0.2) is 40.8 Å². The molecule has 2 aromatic rings. The van der Waals surface area contributed by atoms with Crippen molar-refractivity contribution in [3.05, 3.63) is 58.5 Å². The summed E-state index contributed by atoms with van der Waals surface area (Å²) in [5.41, 5.74) is 7.16. The van der Waals surface area contributed by atoms with Crippen LogP contribution < -0.4 is 5.73 Å². The standard InChI is InChI=1S/C16H20ClNO2/c1-3-14(18)16(15-8-7-11(2)20-15)19-10-12-5-4-6-13(17)9-12/h4-9,14,16H,3,10,18H2,1-2H3. The highest BCUT2D eigenvalue weighted by Gasteiger charge is 2.22. The smallest absolute Gasteiger partial charge is 0.134 e. The molecule has 1 heterocycles. The number of hydrogen-bond donors (Lipinski definition) is 1. The molecule has 0 spiro atoms. The summed E-state index contributed by atoms with van der Waals surface area (Å²) < 4.78 is 11.6. The molecule has 2 N–H and O–H groups in total. The number of hydrogen-bond acceptors (Lipinski definition) is 3. The first-order chi connectivity index (χ1) is 9.60. The van der Waals surface area contributed by atoms with Gasteiger partial charge in [0.1, 0.15) is 17.6 Å². The molecule has 3 nitrogen and oxygen atoms in total. The number of halogens is 1. The second kappa shape index (κ2) is 6.93. The molecule has 0 amide bonds. The first-order valence-corrected chi connectivity index (χ1v) is 7.16. The van der Waals surface area contributed by atoms with Gasteiger partial charge in [0, 0.05) is 11.1 Å². The number of nitrogens with two attached hydrogens (primary N) is 1. The van der Waals surface area contributed by atoms with Crippen molar-refractivity contribution in [1.82, 2.24) is 0 Å². The second-order valence-corrected chi connectivity index (χ2v) is 5.32. The third-order valence-electron chi connectivity index (χ3n) is 3.22. The highest BCUT2D eigenvalue weighted by Crippen LogP contribution is 2.25. The summed E-state index contributed by atoms with van der Waals surface area (Å²) in [6.07, 6.45) is 0.577. The molecule has 0 bridgehead atoms. The number of benzene rings is 1. The minimum Gasteiger partial charge on any atom is -0.464 e. The van der Waals surface area contributed by atoms with Crippen molar-refractivity contribution in [3.8, 4) is 0 Å². The molecule has 0 fully saturated rings. The Labute approximate surface area is 124 Å². The van der Waals surface area contributed by atoms with Gasteiger partial charge in [0.2, 0.25) is 0 Å². The van der Waals surface area contributed by atoms with E-state index in [1.807, 2.05) is 50.2 Å². The highest BCUT2D eigenvalue weighted by atomic mass is 35.5. The Morgan fingerprint density at radius 3 is 2.70 bits per heavy atom. The minimum absolute atomic E-state index is 0.0975. The van der Waals surface area contributed by atoms with Crippen LogP contribution in [0.5, 0.6) is 0 Å². The molecule has 0 saturated heterocycles. The topological polar surface area (TPSA) is 48.4 Å². The van der Waals surface area contributed by atoms with Gasteiger partial charge in [0.25, 0.3) is 0 Å². The molecule has 0 aliphatic rings. The van der Waals surface area contributed by atoms with Gasteiger partial charge < -0.3 is 14.9 Å². The molecule has 4 heteroatoms. The van der Waals surface area contributed by atoms with Crippen LogP contribution in [-0.4, -0.2) is 6.04 Å². The van der Waals surface area contributed by atoms with Crippen LogP contribution in [0.4, 0.5) is 0 Å². The summed E-state index contributed by atoms with van der Waals surface area (Å²) >= 11 is 5.97. The van der Waals surface area contributed by atoms with Gasteiger partial charge in [-0.1, -0.05) is 30.7 Å². The van der Waals surface area contributed by atoms with E-state index in [2.05, 4.69) is 0 Å². The third-order valence-corrected chi connectivity index (χ3v) is 3.46. The zero-order chi connectivity index (χ0) is 14.5. The minimum atomic E-state index is -0.243. The lowest BCUT2D eigenvalue weighted by Gasteiger charge is -2.21. The molecule has 0 radical (unpaired) electrons. The average Bonchev–Trinajstić information content (AvgIpc) is 2.85. The van der Waals surface area contributed by atoms with E-state index in [-0.39, 0.29) is 12.1 Å². The maximum absolute atomic E-state index is 6.14. The average molecular weight is 294 g/mol. The van der Waals surface area contributed by atoms with Gasteiger partial charge in [-0.05, 0) is 43.2 Å². The summed E-state index contributed by atoms with van der Waals surface area (Å²) in [4.78, 5) is 0. The number of aryl methyl sites for hydroxylation is 1. The lowest BCUT2D eigenvalue weighted by atomic mass is 10.1. The molecule has 1 aromatic heterocycles. The lowest BCUT2D eigenvalue weighted by molar-refractivity contribution is 0.00704. The van der Waals surface area contributed by atoms with Crippen LogP contribution in [0.25, 0.3) is 0 Å². The Balaban J connectivity index is 2.08. The monoisotopic (exact) mass is 293 g/mol. The van der Waals surface area contributed by atoms with Crippen molar-refractivity contribution in [2.75, 3.05) is 0 Å². The van der Waals surface area contributed by atoms with Crippen molar-refractivity contribution in [1.29, 1.82) is 0 Å². The van der Waals surface area contributed by atoms with E-state index in [9.17, 15) is 0 Å². The number of furan rings is 1. The number of ether oxygens (including phenoxy) is 1. The van der Waals surface area contributed by atoms with Crippen molar-refractivity contribution < 1.29 is 9.15 Å². The van der Waals surface area contributed by atoms with Gasteiger partial charge >= 0.3 is 0 Å². The second-order valence-electron chi connectivity index (χ2n) is 4.88. The molecule has 2 atom stereocenters. The zero-order valence-electron chi connectivity index (χ0n) is 11.8. The summed E-state index contributed by atoms with van der Waals surface area (Å²) in [5, 5.41) is 0.705. The fourth-order valence-electron chi connectivity index (χ4n) is 2.05. The molecular weight excluding hydrogens is 274 g/mol. The largest absolute Gasteiger partial charge is 0.464 e. The number of rotatable bonds is 6. The maximum Gasteiger partial charge on any atom is 0.134 e. The highest BCUT2D eigenvalue weighted by molar-refractivity contribution is 6.30. The first-order valence-electron chi connectivity index (χ1n) is 6.78. The van der Waals surface area contributed by atoms with Gasteiger partial charge in [0.05, 0.1) is 6.61 Å². The Kier molecular flexibility index (Phi) is 5.24. The van der Waals surface area contributed by atoms with E-state index in [4.69, 9.17) is 26.5 Å². The van der Waals surface area contributed by atoms with Crippen molar-refractivity contribution in [2.45, 2.75) is 39.0 Å². The summed E-state index contributed by atoms with van der Waals surface area (Å²) in [5.74, 6) is 1.64. The van der Waals surface area contributed by atoms with Crippen molar-refractivity contribution >= 4 is 11.6 Å². The van der Waals surface area contributed by atoms with Gasteiger partial charge in [-0.25, -0.2) is 0 Å². The van der Waals surface area contributed by atoms with E-state index in [1.165, 1.54) is 0 Å². The molecule has 108 valence electrons. The Bertz CT molecular complexity index is 553. The summed E-state index contributed by atoms with van der Waals surface area (Å²) in [6.45, 7) is 4.41. The summed E-state index contributed by atoms with van der Waals surface area (Å²) in [7, 11) is 0. The van der Waals surface area contributed by atoms with Crippen LogP contribution in [0, 0.1) is 6.92 Å². The quantitative estimate of drug-likeness (QED) is 0.867. The van der Waals surface area contributed by atoms with Gasteiger partial charge in [-0.3, -0.25) is 0 Å². The van der Waals surface area contributed by atoms with Crippen LogP contribution in [0.2, 0.25) is 5.02 Å². The predicted octanol–water partition coefficient (Wildman–Crippen LogP) is 4.24. The van der Waals surface area contributed by atoms with Crippen LogP contribution in [-0.2, 0) is 11.3 Å². The zero-order valence-corrected chi connectivity index (χ0v) is 12.6. The van der Waals surface area contributed by atoms with Crippen molar-refractivity contribution in [2.24, 2.45) is 5.73 Å². The molecule has 0 aliphatic heterocycles. The molecule has 1 aromatic carbocycles. The molecule has 2 unspecified atom stereocenters. The third kappa shape index (κ3) is 3.85. The van der Waals surface area contributed by atoms with E-state index in [1.54, 1.807) is 0 Å². The molecule has 0 saturated carbocycles. The van der Waals surface area contributed by atoms with E-state index >= 15 is 0 Å². The van der Waals surface area contributed by atoms with E-state index in [0.29, 0.717) is 11.6 Å². The molecular formula is C16H20ClNO2. The molecule has 2 rings (SSSR count). The van der Waals surface area contributed by atoms with Crippen LogP contribution >= 0.6 is 11.6 Å². The Hall–Kier alpha value is -1.29. The van der Waals surface area contributed by atoms with Gasteiger partial charge in [-0.15, -0.1) is 0 Å². The molecule has 0 aliphatic carbocycles. The van der Waals surface area contributed by atoms with Crippen LogP contribution in [0.3, 0.4) is 0 Å². The van der Waals surface area contributed by atoms with Gasteiger partial charge in [0.15, 0.2) is 0 Å². The fraction of sp³-hybridized carbons (Fsp3) is 0.375. The fourth-order valence-corrected chi connectivity index (χ4v) is 2.26. The van der Waals surface area contributed by atoms with Gasteiger partial charge in [-0.2, -0.15) is 0 Å². The first kappa shape index (κ1) is 15.1. The van der Waals surface area contributed by atoms with Crippen molar-refractivity contribution in [3.63, 3.8) is 0 Å².